The van der Waals surface area contributed by atoms with Gasteiger partial charge in [-0.3, -0.25) is 9.59 Å². The average molecular weight is 278 g/mol. The predicted molar refractivity (Wildman–Crippen MR) is 73.1 cm³/mol. The molecule has 0 radical (unpaired) electrons. The Morgan fingerprint density at radius 1 is 1.25 bits per heavy atom. The molecule has 20 heavy (non-hydrogen) atoms. The maximum Gasteiger partial charge on any atom is 0.254 e. The van der Waals surface area contributed by atoms with E-state index < -0.39 is 0 Å². The number of hydrogen-bond donors (Lipinski definition) is 1. The van der Waals surface area contributed by atoms with Gasteiger partial charge in [-0.15, -0.1) is 0 Å². The van der Waals surface area contributed by atoms with Crippen LogP contribution in [0.1, 0.15) is 16.8 Å². The van der Waals surface area contributed by atoms with Crippen molar-refractivity contribution in [2.24, 2.45) is 0 Å². The highest BCUT2D eigenvalue weighted by molar-refractivity contribution is 5.97. The summed E-state index contributed by atoms with van der Waals surface area (Å²) >= 11 is 0. The number of nitrogens with one attached hydrogen (secondary N) is 1. The number of hydrogen-bond acceptors (Lipinski definition) is 4. The van der Waals surface area contributed by atoms with Crippen molar-refractivity contribution in [1.82, 2.24) is 10.2 Å². The summed E-state index contributed by atoms with van der Waals surface area (Å²) < 4.78 is 10.3. The molecule has 1 aromatic rings. The quantitative estimate of drug-likeness (QED) is 0.882. The third kappa shape index (κ3) is 3.01. The van der Waals surface area contributed by atoms with E-state index in [2.05, 4.69) is 5.32 Å². The first kappa shape index (κ1) is 14.2. The van der Waals surface area contributed by atoms with Gasteiger partial charge in [-0.2, -0.15) is 0 Å². The molecule has 108 valence electrons. The number of carbonyl (C=O) groups is 2. The van der Waals surface area contributed by atoms with Crippen molar-refractivity contribution in [2.75, 3.05) is 33.9 Å². The van der Waals surface area contributed by atoms with Crippen molar-refractivity contribution in [1.29, 1.82) is 0 Å². The highest BCUT2D eigenvalue weighted by Crippen LogP contribution is 2.28. The molecule has 1 fully saturated rings. The van der Waals surface area contributed by atoms with Gasteiger partial charge in [0.1, 0.15) is 0 Å². The molecule has 0 bridgehead atoms. The van der Waals surface area contributed by atoms with Crippen LogP contribution < -0.4 is 14.8 Å². The summed E-state index contributed by atoms with van der Waals surface area (Å²) in [6.45, 7) is 1.26. The van der Waals surface area contributed by atoms with E-state index in [1.54, 1.807) is 30.2 Å². The van der Waals surface area contributed by atoms with Crippen molar-refractivity contribution >= 4 is 11.8 Å². The van der Waals surface area contributed by atoms with Crippen LogP contribution in [0.2, 0.25) is 0 Å². The molecule has 1 aliphatic rings. The van der Waals surface area contributed by atoms with E-state index in [1.165, 1.54) is 7.11 Å². The maximum atomic E-state index is 12.4. The van der Waals surface area contributed by atoms with Crippen molar-refractivity contribution in [3.63, 3.8) is 0 Å². The molecule has 0 atom stereocenters. The van der Waals surface area contributed by atoms with Crippen molar-refractivity contribution in [3.05, 3.63) is 23.8 Å². The Bertz CT molecular complexity index is 516. The fourth-order valence-electron chi connectivity index (χ4n) is 2.13. The zero-order valence-corrected chi connectivity index (χ0v) is 11.6. The van der Waals surface area contributed by atoms with Crippen LogP contribution in [-0.2, 0) is 4.79 Å². The number of rotatable bonds is 3. The predicted octanol–water partition coefficient (Wildman–Crippen LogP) is 0.666. The third-order valence-corrected chi connectivity index (χ3v) is 3.18. The van der Waals surface area contributed by atoms with Gasteiger partial charge in [-0.1, -0.05) is 0 Å². The smallest absolute Gasteiger partial charge is 0.254 e. The zero-order chi connectivity index (χ0) is 14.5. The largest absolute Gasteiger partial charge is 0.493 e. The SMILES string of the molecule is COc1ccc(C(=O)N2CCCNC(=O)C2)cc1OC. The molecule has 2 amide bonds. The van der Waals surface area contributed by atoms with Crippen LogP contribution >= 0.6 is 0 Å². The van der Waals surface area contributed by atoms with Crippen molar-refractivity contribution in [3.8, 4) is 11.5 Å². The first-order valence-electron chi connectivity index (χ1n) is 6.43. The average Bonchev–Trinajstić information content (AvgIpc) is 2.70. The van der Waals surface area contributed by atoms with Gasteiger partial charge in [0.25, 0.3) is 5.91 Å². The van der Waals surface area contributed by atoms with E-state index in [0.717, 1.165) is 6.42 Å². The monoisotopic (exact) mass is 278 g/mol. The molecule has 1 N–H and O–H groups in total. The van der Waals surface area contributed by atoms with Gasteiger partial charge in [-0.05, 0) is 24.6 Å². The molecule has 1 aliphatic heterocycles. The standard InChI is InChI=1S/C14H18N2O4/c1-19-11-5-4-10(8-12(11)20-2)14(18)16-7-3-6-15-13(17)9-16/h4-5,8H,3,6-7,9H2,1-2H3,(H,15,17). The second-order valence-corrected chi connectivity index (χ2v) is 4.50. The number of ether oxygens (including phenoxy) is 2. The molecule has 0 aliphatic carbocycles. The molecule has 0 spiro atoms. The van der Waals surface area contributed by atoms with E-state index in [-0.39, 0.29) is 18.4 Å². The lowest BCUT2D eigenvalue weighted by atomic mass is 10.1. The summed E-state index contributed by atoms with van der Waals surface area (Å²) in [6, 6.07) is 4.99. The maximum absolute atomic E-state index is 12.4. The van der Waals surface area contributed by atoms with E-state index >= 15 is 0 Å². The Hall–Kier alpha value is -2.24. The van der Waals surface area contributed by atoms with Crippen LogP contribution in [0.15, 0.2) is 18.2 Å². The number of carbonyl (C=O) groups excluding carboxylic acids is 2. The highest BCUT2D eigenvalue weighted by atomic mass is 16.5. The van der Waals surface area contributed by atoms with Crippen LogP contribution in [0.25, 0.3) is 0 Å². The van der Waals surface area contributed by atoms with Crippen LogP contribution in [0.5, 0.6) is 11.5 Å². The topological polar surface area (TPSA) is 67.9 Å². The fourth-order valence-corrected chi connectivity index (χ4v) is 2.13. The van der Waals surface area contributed by atoms with Gasteiger partial charge >= 0.3 is 0 Å². The van der Waals surface area contributed by atoms with Crippen molar-refractivity contribution in [2.45, 2.75) is 6.42 Å². The summed E-state index contributed by atoms with van der Waals surface area (Å²) in [5.41, 5.74) is 0.484. The molecule has 1 aromatic carbocycles. The number of benzene rings is 1. The Balaban J connectivity index is 2.21. The zero-order valence-electron chi connectivity index (χ0n) is 11.6. The van der Waals surface area contributed by atoms with E-state index in [4.69, 9.17) is 9.47 Å². The van der Waals surface area contributed by atoms with Gasteiger partial charge < -0.3 is 19.7 Å². The normalized spacial score (nSPS) is 15.3. The van der Waals surface area contributed by atoms with Gasteiger partial charge in [-0.25, -0.2) is 0 Å². The highest BCUT2D eigenvalue weighted by Gasteiger charge is 2.21. The lowest BCUT2D eigenvalue weighted by Crippen LogP contribution is -2.37. The Kier molecular flexibility index (Phi) is 4.45. The lowest BCUT2D eigenvalue weighted by molar-refractivity contribution is -0.121. The second kappa shape index (κ2) is 6.27. The minimum absolute atomic E-state index is 0.0905. The third-order valence-electron chi connectivity index (χ3n) is 3.18. The molecule has 6 nitrogen and oxygen atoms in total. The summed E-state index contributed by atoms with van der Waals surface area (Å²) in [5.74, 6) is 0.759. The number of methoxy groups -OCH3 is 2. The molecule has 0 saturated carbocycles. The molecule has 0 aromatic heterocycles. The summed E-state index contributed by atoms with van der Waals surface area (Å²) in [5, 5.41) is 2.74. The molecule has 1 heterocycles. The second-order valence-electron chi connectivity index (χ2n) is 4.50. The minimum Gasteiger partial charge on any atom is -0.493 e. The summed E-state index contributed by atoms with van der Waals surface area (Å²) in [7, 11) is 3.06. The van der Waals surface area contributed by atoms with Crippen LogP contribution in [0, 0.1) is 0 Å². The van der Waals surface area contributed by atoms with Crippen molar-refractivity contribution < 1.29 is 19.1 Å². The lowest BCUT2D eigenvalue weighted by Gasteiger charge is -2.19. The first-order valence-corrected chi connectivity index (χ1v) is 6.43. The number of nitrogens with zero attached hydrogens (tertiary/aromatic N) is 1. The fraction of sp³-hybridized carbons (Fsp3) is 0.429. The molecule has 2 rings (SSSR count). The molecule has 6 heteroatoms. The Labute approximate surface area is 117 Å². The van der Waals surface area contributed by atoms with E-state index in [1.807, 2.05) is 0 Å². The van der Waals surface area contributed by atoms with Crippen LogP contribution in [0.3, 0.4) is 0 Å². The van der Waals surface area contributed by atoms with Gasteiger partial charge in [0.05, 0.1) is 20.8 Å². The van der Waals surface area contributed by atoms with Crippen LogP contribution in [0.4, 0.5) is 0 Å². The molecule has 1 saturated heterocycles. The first-order chi connectivity index (χ1) is 9.65. The van der Waals surface area contributed by atoms with Gasteiger partial charge in [0.2, 0.25) is 5.91 Å². The molecular formula is C14H18N2O4. The summed E-state index contributed by atoms with van der Waals surface area (Å²) in [6.07, 6.45) is 0.755. The number of amides is 2. The van der Waals surface area contributed by atoms with E-state index in [9.17, 15) is 9.59 Å². The minimum atomic E-state index is -0.178. The van der Waals surface area contributed by atoms with Gasteiger partial charge in [0.15, 0.2) is 11.5 Å². The summed E-state index contributed by atoms with van der Waals surface area (Å²) in [4.78, 5) is 25.5. The molecule has 0 unspecified atom stereocenters. The Morgan fingerprint density at radius 2 is 2.00 bits per heavy atom. The van der Waals surface area contributed by atoms with Gasteiger partial charge in [0, 0.05) is 18.7 Å². The van der Waals surface area contributed by atoms with Crippen LogP contribution in [-0.4, -0.2) is 50.6 Å². The molecular weight excluding hydrogens is 260 g/mol. The Morgan fingerprint density at radius 3 is 2.70 bits per heavy atom. The van der Waals surface area contributed by atoms with E-state index in [0.29, 0.717) is 30.2 Å².